The van der Waals surface area contributed by atoms with Crippen LogP contribution in [-0.4, -0.2) is 22.6 Å². The number of carboxylic acid groups (broad SMARTS) is 1. The van der Waals surface area contributed by atoms with E-state index in [0.29, 0.717) is 22.6 Å². The third-order valence-corrected chi connectivity index (χ3v) is 5.45. The minimum Gasteiger partial charge on any atom is -0.480 e. The van der Waals surface area contributed by atoms with Crippen LogP contribution in [0.25, 0.3) is 11.1 Å². The molecule has 0 saturated heterocycles. The molecule has 1 unspecified atom stereocenters. The van der Waals surface area contributed by atoms with Gasteiger partial charge in [0.2, 0.25) is 0 Å². The lowest BCUT2D eigenvalue weighted by Crippen LogP contribution is -2.29. The molecule has 1 N–H and O–H groups in total. The SMILES string of the molecule is COSC(=O)SC(C)(C(=O)O)c1ccc(-c2ccc(Cl)cc2)cc1. The monoisotopic (exact) mass is 382 g/mol. The van der Waals surface area contributed by atoms with Gasteiger partial charge in [0.15, 0.2) is 0 Å². The molecular formula is C17H15ClO4S2. The Morgan fingerprint density at radius 3 is 2.00 bits per heavy atom. The summed E-state index contributed by atoms with van der Waals surface area (Å²) in [7, 11) is 1.36. The second-order valence-corrected chi connectivity index (χ2v) is 7.98. The van der Waals surface area contributed by atoms with E-state index in [4.69, 9.17) is 15.8 Å². The topological polar surface area (TPSA) is 63.6 Å². The van der Waals surface area contributed by atoms with Crippen molar-refractivity contribution in [3.05, 3.63) is 59.1 Å². The fourth-order valence-corrected chi connectivity index (χ4v) is 3.88. The normalized spacial score (nSPS) is 13.3. The van der Waals surface area contributed by atoms with Crippen molar-refractivity contribution in [2.24, 2.45) is 0 Å². The van der Waals surface area contributed by atoms with Gasteiger partial charge in [-0.3, -0.25) is 9.59 Å². The second kappa shape index (κ2) is 8.07. The van der Waals surface area contributed by atoms with Crippen LogP contribution in [0.2, 0.25) is 5.02 Å². The molecule has 2 aromatic carbocycles. The van der Waals surface area contributed by atoms with E-state index in [2.05, 4.69) is 0 Å². The van der Waals surface area contributed by atoms with Crippen molar-refractivity contribution in [1.29, 1.82) is 0 Å². The van der Waals surface area contributed by atoms with Gasteiger partial charge in [-0.05, 0) is 35.7 Å². The molecule has 0 aromatic heterocycles. The molecule has 0 bridgehead atoms. The molecule has 0 heterocycles. The zero-order chi connectivity index (χ0) is 17.7. The highest BCUT2D eigenvalue weighted by atomic mass is 35.5. The van der Waals surface area contributed by atoms with Crippen LogP contribution in [0, 0.1) is 0 Å². The van der Waals surface area contributed by atoms with E-state index < -0.39 is 15.2 Å². The van der Waals surface area contributed by atoms with Gasteiger partial charge in [-0.25, -0.2) is 0 Å². The van der Waals surface area contributed by atoms with E-state index >= 15 is 0 Å². The molecule has 4 nitrogen and oxygen atoms in total. The molecule has 2 aromatic rings. The molecule has 0 spiro atoms. The molecule has 0 aliphatic carbocycles. The first-order chi connectivity index (χ1) is 11.4. The van der Waals surface area contributed by atoms with Crippen molar-refractivity contribution in [2.45, 2.75) is 11.7 Å². The number of hydrogen-bond donors (Lipinski definition) is 1. The summed E-state index contributed by atoms with van der Waals surface area (Å²) in [6, 6.07) is 14.5. The van der Waals surface area contributed by atoms with E-state index in [1.165, 1.54) is 14.0 Å². The Morgan fingerprint density at radius 1 is 1.04 bits per heavy atom. The van der Waals surface area contributed by atoms with E-state index in [-0.39, 0.29) is 0 Å². The van der Waals surface area contributed by atoms with Crippen molar-refractivity contribution >= 4 is 45.8 Å². The summed E-state index contributed by atoms with van der Waals surface area (Å²) in [5, 5.41) is 10.2. The second-order valence-electron chi connectivity index (χ2n) is 5.02. The highest BCUT2D eigenvalue weighted by Gasteiger charge is 2.39. The number of hydrogen-bond acceptors (Lipinski definition) is 5. The van der Waals surface area contributed by atoms with Gasteiger partial charge in [-0.15, -0.1) is 0 Å². The molecular weight excluding hydrogens is 368 g/mol. The summed E-state index contributed by atoms with van der Waals surface area (Å²) in [4.78, 5) is 23.5. The minimum atomic E-state index is -1.39. The predicted octanol–water partition coefficient (Wildman–Crippen LogP) is 5.45. The molecule has 7 heteroatoms. The number of rotatable bonds is 5. The van der Waals surface area contributed by atoms with E-state index in [0.717, 1.165) is 22.9 Å². The van der Waals surface area contributed by atoms with Crippen molar-refractivity contribution in [2.75, 3.05) is 7.11 Å². The van der Waals surface area contributed by atoms with Gasteiger partial charge in [0, 0.05) is 5.02 Å². The zero-order valence-corrected chi connectivity index (χ0v) is 15.4. The first kappa shape index (κ1) is 18.9. The first-order valence-corrected chi connectivity index (χ1v) is 8.84. The number of thioether (sulfide) groups is 1. The lowest BCUT2D eigenvalue weighted by atomic mass is 9.97. The van der Waals surface area contributed by atoms with Crippen LogP contribution in [0.1, 0.15) is 12.5 Å². The number of benzene rings is 2. The lowest BCUT2D eigenvalue weighted by Gasteiger charge is -2.23. The average molecular weight is 383 g/mol. The van der Waals surface area contributed by atoms with Crippen LogP contribution in [0.5, 0.6) is 0 Å². The Balaban J connectivity index is 2.30. The van der Waals surface area contributed by atoms with Crippen LogP contribution < -0.4 is 0 Å². The summed E-state index contributed by atoms with van der Waals surface area (Å²) in [5.41, 5.74) is 2.44. The van der Waals surface area contributed by atoms with Crippen LogP contribution in [0.4, 0.5) is 4.79 Å². The average Bonchev–Trinajstić information content (AvgIpc) is 2.55. The molecule has 2 rings (SSSR count). The molecule has 0 radical (unpaired) electrons. The maximum Gasteiger partial charge on any atom is 0.324 e. The molecule has 0 aliphatic rings. The van der Waals surface area contributed by atoms with Crippen molar-refractivity contribution in [3.8, 4) is 11.1 Å². The van der Waals surface area contributed by atoms with Gasteiger partial charge in [0.1, 0.15) is 4.75 Å². The Bertz CT molecular complexity index is 731. The highest BCUT2D eigenvalue weighted by molar-refractivity contribution is 8.37. The first-order valence-electron chi connectivity index (χ1n) is 6.90. The molecule has 126 valence electrons. The summed E-state index contributed by atoms with van der Waals surface area (Å²) in [6.07, 6.45) is 0. The molecule has 0 amide bonds. The van der Waals surface area contributed by atoms with Crippen molar-refractivity contribution in [3.63, 3.8) is 0 Å². The summed E-state index contributed by atoms with van der Waals surface area (Å²) >= 11 is 7.22. The largest absolute Gasteiger partial charge is 0.480 e. The van der Waals surface area contributed by atoms with Crippen LogP contribution in [-0.2, 0) is 13.7 Å². The number of halogens is 1. The smallest absolute Gasteiger partial charge is 0.324 e. The van der Waals surface area contributed by atoms with Gasteiger partial charge in [0.25, 0.3) is 4.45 Å². The highest BCUT2D eigenvalue weighted by Crippen LogP contribution is 2.40. The van der Waals surface area contributed by atoms with Gasteiger partial charge >= 0.3 is 5.97 Å². The van der Waals surface area contributed by atoms with E-state index in [1.807, 2.05) is 24.3 Å². The van der Waals surface area contributed by atoms with Crippen LogP contribution in [0.15, 0.2) is 48.5 Å². The minimum absolute atomic E-state index is 0.413. The predicted molar refractivity (Wildman–Crippen MR) is 99.5 cm³/mol. The van der Waals surface area contributed by atoms with Crippen LogP contribution >= 0.6 is 35.4 Å². The standard InChI is InChI=1S/C17H15ClO4S2/c1-17(15(19)20,23-16(21)24-22-2)13-7-3-11(4-8-13)12-5-9-14(18)10-6-12/h3-10H,1-2H3,(H,19,20). The number of carbonyl (C=O) groups excluding carboxylic acids is 1. The Hall–Kier alpha value is -1.47. The van der Waals surface area contributed by atoms with E-state index in [9.17, 15) is 14.7 Å². The van der Waals surface area contributed by atoms with Crippen molar-refractivity contribution in [1.82, 2.24) is 0 Å². The Labute approximate surface area is 153 Å². The number of aliphatic carboxylic acids is 1. The third kappa shape index (κ3) is 4.33. The maximum atomic E-state index is 11.8. The summed E-state index contributed by atoms with van der Waals surface area (Å²) < 4.78 is 2.89. The molecule has 0 fully saturated rings. The van der Waals surface area contributed by atoms with Crippen LogP contribution in [0.3, 0.4) is 0 Å². The molecule has 24 heavy (non-hydrogen) atoms. The van der Waals surface area contributed by atoms with Gasteiger partial charge in [-0.2, -0.15) is 0 Å². The fourth-order valence-electron chi connectivity index (χ4n) is 2.10. The number of carboxylic acids is 1. The summed E-state index contributed by atoms with van der Waals surface area (Å²) in [5.74, 6) is -1.09. The molecule has 1 atom stereocenters. The Kier molecular flexibility index (Phi) is 6.34. The number of carbonyl (C=O) groups is 2. The zero-order valence-electron chi connectivity index (χ0n) is 13.0. The van der Waals surface area contributed by atoms with Gasteiger partial charge in [-0.1, -0.05) is 59.8 Å². The summed E-state index contributed by atoms with van der Waals surface area (Å²) in [6.45, 7) is 1.51. The fraction of sp³-hybridized carbons (Fsp3) is 0.176. The molecule has 0 aliphatic heterocycles. The van der Waals surface area contributed by atoms with E-state index in [1.54, 1.807) is 24.3 Å². The quantitative estimate of drug-likeness (QED) is 0.693. The van der Waals surface area contributed by atoms with Gasteiger partial charge in [0.05, 0.1) is 19.2 Å². The van der Waals surface area contributed by atoms with Crippen molar-refractivity contribution < 1.29 is 18.9 Å². The Morgan fingerprint density at radius 2 is 1.54 bits per heavy atom. The lowest BCUT2D eigenvalue weighted by molar-refractivity contribution is -0.139. The molecule has 0 saturated carbocycles. The maximum absolute atomic E-state index is 11.8. The third-order valence-electron chi connectivity index (χ3n) is 3.46. The van der Waals surface area contributed by atoms with Gasteiger partial charge < -0.3 is 9.29 Å².